The van der Waals surface area contributed by atoms with Crippen LogP contribution >= 0.6 is 0 Å². The maximum Gasteiger partial charge on any atom is 0 e. The van der Waals surface area contributed by atoms with Gasteiger partial charge in [-0.05, 0) is 0 Å². The van der Waals surface area contributed by atoms with Crippen molar-refractivity contribution < 1.29 is 42.0 Å². The van der Waals surface area contributed by atoms with E-state index in [-0.39, 0.29) is 79.8 Å². The van der Waals surface area contributed by atoms with E-state index in [4.69, 9.17) is 0 Å². The average Bonchev–Trinajstić information content (AvgIpc) is 0. The molecule has 4 heavy (non-hydrogen) atoms. The molecule has 0 saturated carbocycles. The van der Waals surface area contributed by atoms with Gasteiger partial charge in [0.15, 0.2) is 0 Å². The smallest absolute Gasteiger partial charge is 0 e. The van der Waals surface area contributed by atoms with Crippen molar-refractivity contribution in [2.75, 3.05) is 0 Å². The molecule has 0 aliphatic rings. The number of hydrogen-bond donors (Lipinski definition) is 0. The fourth-order valence-corrected chi connectivity index (χ4v) is 0. The predicted molar refractivity (Wildman–Crippen MR) is 12.2 cm³/mol. The molecule has 0 heterocycles. The average molecular weight is 216 g/mol. The van der Waals surface area contributed by atoms with Gasteiger partial charge in [0.05, 0.1) is 0 Å². The molecule has 0 unspecified atom stereocenters. The van der Waals surface area contributed by atoms with Crippen LogP contribution in [0, 0.1) is 0 Å². The third-order valence-corrected chi connectivity index (χ3v) is 0. The van der Waals surface area contributed by atoms with E-state index < -0.39 is 0 Å². The molecule has 0 rings (SSSR count). The van der Waals surface area contributed by atoms with Crippen LogP contribution in [0.5, 0.6) is 0 Å². The van der Waals surface area contributed by atoms with Crippen LogP contribution in [0.1, 0.15) is 0 Å². The second kappa shape index (κ2) is 18.3. The number of rotatable bonds is 0. The molecule has 0 atom stereocenters. The Bertz CT molecular complexity index is 8.00. The molecule has 0 spiro atoms. The van der Waals surface area contributed by atoms with Crippen molar-refractivity contribution in [3.63, 3.8) is 0 Å². The summed E-state index contributed by atoms with van der Waals surface area (Å²) in [4.78, 5) is 0. The van der Waals surface area contributed by atoms with Crippen molar-refractivity contribution in [3.8, 4) is 0 Å². The maximum atomic E-state index is 0. The van der Waals surface area contributed by atoms with Crippen LogP contribution in [0.25, 0.3) is 0 Å². The van der Waals surface area contributed by atoms with E-state index in [2.05, 4.69) is 0 Å². The molecule has 1 radical (unpaired) electrons. The predicted octanol–water partition coefficient (Wildman–Crippen LogP) is -1.75. The Hall–Kier alpha value is 2.36. The monoisotopic (exact) mass is 217 g/mol. The van der Waals surface area contributed by atoms with Crippen molar-refractivity contribution in [2.24, 2.45) is 0 Å². The van der Waals surface area contributed by atoms with Gasteiger partial charge in [-0.2, -0.15) is 0 Å². The Morgan fingerprint density at radius 1 is 1.00 bits per heavy atom. The molecule has 0 amide bonds. The summed E-state index contributed by atoms with van der Waals surface area (Å²) in [6, 6.07) is 0. The van der Waals surface area contributed by atoms with Crippen LogP contribution in [0.15, 0.2) is 0 Å². The molecule has 2 N–H and O–H groups in total. The van der Waals surface area contributed by atoms with Gasteiger partial charge in [-0.25, -0.2) is 0 Å². The molecule has 0 aromatic rings. The van der Waals surface area contributed by atoms with Crippen molar-refractivity contribution in [2.45, 2.75) is 0 Å². The minimum Gasteiger partial charge on any atom is 0 e. The maximum absolute atomic E-state index is 0. The minimum absolute atomic E-state index is 0. The zero-order valence-electron chi connectivity index (χ0n) is 1.23. The van der Waals surface area contributed by atoms with Crippen LogP contribution in [-0.4, -0.2) is 43.2 Å². The first-order valence-corrected chi connectivity index (χ1v) is 0. The van der Waals surface area contributed by atoms with Crippen LogP contribution in [0.3, 0.4) is 0 Å². The molecule has 0 fully saturated rings. The van der Waals surface area contributed by atoms with Gasteiger partial charge < -0.3 is 5.48 Å². The van der Waals surface area contributed by atoms with Crippen LogP contribution in [-0.2, 0) is 36.5 Å². The standard InChI is InChI=1S/Ca.Mn.H2O.Ru.2H/h;;1H2;;;. The summed E-state index contributed by atoms with van der Waals surface area (Å²) in [5.74, 6) is 0. The molecule has 0 aromatic carbocycles. The quantitative estimate of drug-likeness (QED) is 0.430. The molecular formula is H4CaMnORu. The molecule has 0 aromatic heterocycles. The van der Waals surface area contributed by atoms with Gasteiger partial charge in [0.25, 0.3) is 0 Å². The zero-order chi connectivity index (χ0) is 0. The molecule has 0 bridgehead atoms. The van der Waals surface area contributed by atoms with Crippen molar-refractivity contribution in [3.05, 3.63) is 0 Å². The van der Waals surface area contributed by atoms with Gasteiger partial charge in [-0.15, -0.1) is 0 Å². The summed E-state index contributed by atoms with van der Waals surface area (Å²) in [6.07, 6.45) is 0. The normalized spacial score (nSPS) is 0. The Balaban J connectivity index is 0. The van der Waals surface area contributed by atoms with Gasteiger partial charge in [0, 0.05) is 36.5 Å². The van der Waals surface area contributed by atoms with Gasteiger partial charge in [-0.1, -0.05) is 0 Å². The fraction of sp³-hybridized carbons (Fsp3) is 0. The van der Waals surface area contributed by atoms with Gasteiger partial charge in [0.2, 0.25) is 0 Å². The Kier molecular flexibility index (Phi) is 150. The molecule has 4 heteroatoms. The summed E-state index contributed by atoms with van der Waals surface area (Å²) in [6.45, 7) is 0. The van der Waals surface area contributed by atoms with Crippen molar-refractivity contribution >= 4 is 37.7 Å². The molecule has 0 saturated heterocycles. The molecule has 27 valence electrons. The second-order valence-corrected chi connectivity index (χ2v) is 0. The van der Waals surface area contributed by atoms with E-state index in [1.165, 1.54) is 0 Å². The van der Waals surface area contributed by atoms with Crippen LogP contribution in [0.2, 0.25) is 0 Å². The van der Waals surface area contributed by atoms with Crippen LogP contribution < -0.4 is 0 Å². The summed E-state index contributed by atoms with van der Waals surface area (Å²) in [5.41, 5.74) is 0. The van der Waals surface area contributed by atoms with E-state index in [9.17, 15) is 0 Å². The Labute approximate surface area is 78.4 Å². The first kappa shape index (κ1) is 32.8. The summed E-state index contributed by atoms with van der Waals surface area (Å²) in [7, 11) is 0. The second-order valence-electron chi connectivity index (χ2n) is 0. The third kappa shape index (κ3) is 8.84. The zero-order valence-corrected chi connectivity index (χ0v) is 4.15. The van der Waals surface area contributed by atoms with E-state index in [1.54, 1.807) is 0 Å². The molecule has 0 aliphatic heterocycles. The Morgan fingerprint density at radius 2 is 1.00 bits per heavy atom. The molecule has 1 nitrogen and oxygen atoms in total. The van der Waals surface area contributed by atoms with Crippen LogP contribution in [0.4, 0.5) is 0 Å². The number of hydrogen-bond acceptors (Lipinski definition) is 0. The third-order valence-electron chi connectivity index (χ3n) is 0. The van der Waals surface area contributed by atoms with E-state index in [1.807, 2.05) is 0 Å². The first-order chi connectivity index (χ1) is 0. The van der Waals surface area contributed by atoms with Gasteiger partial charge in [0.1, 0.15) is 0 Å². The van der Waals surface area contributed by atoms with Crippen molar-refractivity contribution in [1.29, 1.82) is 0 Å². The molecular weight excluding hydrogens is 212 g/mol. The van der Waals surface area contributed by atoms with Crippen molar-refractivity contribution in [1.82, 2.24) is 0 Å². The van der Waals surface area contributed by atoms with E-state index >= 15 is 0 Å². The van der Waals surface area contributed by atoms with E-state index in [0.29, 0.717) is 0 Å². The fourth-order valence-electron chi connectivity index (χ4n) is 0. The van der Waals surface area contributed by atoms with Gasteiger partial charge >= 0.3 is 37.7 Å². The summed E-state index contributed by atoms with van der Waals surface area (Å²) in [5, 5.41) is 0. The SMILES string of the molecule is O.[CaH2].[Mn].[Ru]. The summed E-state index contributed by atoms with van der Waals surface area (Å²) >= 11 is 0. The summed E-state index contributed by atoms with van der Waals surface area (Å²) < 4.78 is 0. The minimum atomic E-state index is 0. The molecule has 0 aliphatic carbocycles. The van der Waals surface area contributed by atoms with Gasteiger partial charge in [-0.3, -0.25) is 0 Å². The largest absolute Gasteiger partial charge is 0 e. The topological polar surface area (TPSA) is 31.5 Å². The van der Waals surface area contributed by atoms with E-state index in [0.717, 1.165) is 0 Å². The Morgan fingerprint density at radius 3 is 1.00 bits per heavy atom. The first-order valence-electron chi connectivity index (χ1n) is 0.